The lowest BCUT2D eigenvalue weighted by molar-refractivity contribution is 0.132. The number of methoxy groups -OCH3 is 1. The predicted molar refractivity (Wildman–Crippen MR) is 59.9 cm³/mol. The Labute approximate surface area is 92.0 Å². The van der Waals surface area contributed by atoms with Crippen molar-refractivity contribution in [2.75, 3.05) is 20.2 Å². The number of hydrogen-bond acceptors (Lipinski definition) is 3. The number of carbonyl (C=O) groups is 1. The summed E-state index contributed by atoms with van der Waals surface area (Å²) in [6.07, 6.45) is 3.21. The van der Waals surface area contributed by atoms with Gasteiger partial charge in [0.15, 0.2) is 0 Å². The summed E-state index contributed by atoms with van der Waals surface area (Å²) in [6.45, 7) is 5.97. The summed E-state index contributed by atoms with van der Waals surface area (Å²) in [5.74, 6) is 0. The molecule has 2 unspecified atom stereocenters. The van der Waals surface area contributed by atoms with Crippen molar-refractivity contribution in [3.8, 4) is 0 Å². The minimum absolute atomic E-state index is 0.206. The zero-order valence-electron chi connectivity index (χ0n) is 9.95. The minimum atomic E-state index is -0.206. The molecule has 1 amide bonds. The molecule has 4 nitrogen and oxygen atoms in total. The summed E-state index contributed by atoms with van der Waals surface area (Å²) in [5.41, 5.74) is 0. The van der Waals surface area contributed by atoms with Crippen LogP contribution in [-0.4, -0.2) is 43.3 Å². The monoisotopic (exact) mass is 214 g/mol. The molecular formula is C11H22N2O2. The van der Waals surface area contributed by atoms with E-state index < -0.39 is 0 Å². The Kier molecular flexibility index (Phi) is 4.88. The molecule has 0 bridgehead atoms. The van der Waals surface area contributed by atoms with Gasteiger partial charge in [0.05, 0.1) is 7.11 Å². The second-order valence-corrected chi connectivity index (χ2v) is 4.26. The van der Waals surface area contributed by atoms with Gasteiger partial charge in [-0.2, -0.15) is 0 Å². The second kappa shape index (κ2) is 5.95. The fourth-order valence-electron chi connectivity index (χ4n) is 2.11. The van der Waals surface area contributed by atoms with E-state index in [-0.39, 0.29) is 6.09 Å². The van der Waals surface area contributed by atoms with Crippen LogP contribution in [0.4, 0.5) is 4.79 Å². The molecule has 88 valence electrons. The van der Waals surface area contributed by atoms with E-state index >= 15 is 0 Å². The first-order valence-electron chi connectivity index (χ1n) is 5.76. The summed E-state index contributed by atoms with van der Waals surface area (Å²) >= 11 is 0. The van der Waals surface area contributed by atoms with Gasteiger partial charge in [0.25, 0.3) is 0 Å². The fraction of sp³-hybridized carbons (Fsp3) is 0.909. The van der Waals surface area contributed by atoms with Crippen LogP contribution < -0.4 is 5.32 Å². The maximum absolute atomic E-state index is 11.2. The molecule has 1 heterocycles. The topological polar surface area (TPSA) is 41.6 Å². The summed E-state index contributed by atoms with van der Waals surface area (Å²) < 4.78 is 4.69. The largest absolute Gasteiger partial charge is 0.453 e. The molecule has 1 N–H and O–H groups in total. The van der Waals surface area contributed by atoms with Gasteiger partial charge in [0, 0.05) is 25.2 Å². The highest BCUT2D eigenvalue weighted by atomic mass is 16.5. The first-order chi connectivity index (χ1) is 7.17. The van der Waals surface area contributed by atoms with Gasteiger partial charge >= 0.3 is 6.09 Å². The van der Waals surface area contributed by atoms with Crippen LogP contribution in [0.5, 0.6) is 0 Å². The third-order valence-electron chi connectivity index (χ3n) is 2.86. The number of ether oxygens (including phenoxy) is 1. The van der Waals surface area contributed by atoms with Gasteiger partial charge in [-0.3, -0.25) is 0 Å². The van der Waals surface area contributed by atoms with Crippen molar-refractivity contribution in [3.05, 3.63) is 0 Å². The molecule has 1 aliphatic heterocycles. The molecule has 0 aromatic carbocycles. The van der Waals surface area contributed by atoms with Crippen LogP contribution in [-0.2, 0) is 4.74 Å². The molecule has 1 rings (SSSR count). The van der Waals surface area contributed by atoms with Crippen molar-refractivity contribution in [3.63, 3.8) is 0 Å². The molecule has 0 saturated carbocycles. The molecular weight excluding hydrogens is 192 g/mol. The van der Waals surface area contributed by atoms with Crippen molar-refractivity contribution >= 4 is 6.09 Å². The third kappa shape index (κ3) is 3.70. The standard InChI is InChI=1S/C11H22N2O2/c1-4-5-9(2)12-10-6-7-13(8-10)11(14)15-3/h9-10,12H,4-8H2,1-3H3. The lowest BCUT2D eigenvalue weighted by Gasteiger charge is -2.19. The zero-order chi connectivity index (χ0) is 11.3. The highest BCUT2D eigenvalue weighted by molar-refractivity contribution is 5.67. The fourth-order valence-corrected chi connectivity index (χ4v) is 2.11. The van der Waals surface area contributed by atoms with Crippen molar-refractivity contribution in [1.29, 1.82) is 0 Å². The molecule has 0 radical (unpaired) electrons. The first kappa shape index (κ1) is 12.3. The third-order valence-corrected chi connectivity index (χ3v) is 2.86. The van der Waals surface area contributed by atoms with Crippen LogP contribution >= 0.6 is 0 Å². The van der Waals surface area contributed by atoms with Crippen molar-refractivity contribution < 1.29 is 9.53 Å². The average molecular weight is 214 g/mol. The predicted octanol–water partition coefficient (Wildman–Crippen LogP) is 1.61. The quantitative estimate of drug-likeness (QED) is 0.773. The molecule has 4 heteroatoms. The van der Waals surface area contributed by atoms with E-state index in [9.17, 15) is 4.79 Å². The van der Waals surface area contributed by atoms with Crippen LogP contribution in [0.25, 0.3) is 0 Å². The molecule has 0 aliphatic carbocycles. The van der Waals surface area contributed by atoms with Gasteiger partial charge in [-0.1, -0.05) is 13.3 Å². The Morgan fingerprint density at radius 1 is 1.67 bits per heavy atom. The lowest BCUT2D eigenvalue weighted by Crippen LogP contribution is -2.39. The van der Waals surface area contributed by atoms with Crippen LogP contribution in [0.1, 0.15) is 33.1 Å². The zero-order valence-corrected chi connectivity index (χ0v) is 9.95. The van der Waals surface area contributed by atoms with E-state index in [1.807, 2.05) is 0 Å². The Hall–Kier alpha value is -0.770. The summed E-state index contributed by atoms with van der Waals surface area (Å²) in [4.78, 5) is 13.0. The van der Waals surface area contributed by atoms with Crippen LogP contribution in [0.2, 0.25) is 0 Å². The molecule has 1 fully saturated rings. The normalized spacial score (nSPS) is 22.9. The molecule has 2 atom stereocenters. The summed E-state index contributed by atoms with van der Waals surface area (Å²) in [5, 5.41) is 3.54. The number of carbonyl (C=O) groups excluding carboxylic acids is 1. The van der Waals surface area contributed by atoms with Gasteiger partial charge in [-0.15, -0.1) is 0 Å². The smallest absolute Gasteiger partial charge is 0.409 e. The number of amides is 1. The molecule has 1 saturated heterocycles. The molecule has 15 heavy (non-hydrogen) atoms. The van der Waals surface area contributed by atoms with Gasteiger partial charge in [-0.05, 0) is 19.8 Å². The van der Waals surface area contributed by atoms with Crippen LogP contribution in [0, 0.1) is 0 Å². The van der Waals surface area contributed by atoms with Crippen LogP contribution in [0.15, 0.2) is 0 Å². The van der Waals surface area contributed by atoms with Gasteiger partial charge in [-0.25, -0.2) is 4.79 Å². The van der Waals surface area contributed by atoms with E-state index in [2.05, 4.69) is 19.2 Å². The number of nitrogens with one attached hydrogen (secondary N) is 1. The Balaban J connectivity index is 2.27. The minimum Gasteiger partial charge on any atom is -0.453 e. The highest BCUT2D eigenvalue weighted by Crippen LogP contribution is 2.11. The molecule has 0 aromatic heterocycles. The van der Waals surface area contributed by atoms with E-state index in [1.54, 1.807) is 4.90 Å². The molecule has 0 aromatic rings. The van der Waals surface area contributed by atoms with Crippen molar-refractivity contribution in [2.45, 2.75) is 45.2 Å². The van der Waals surface area contributed by atoms with E-state index in [4.69, 9.17) is 4.74 Å². The molecule has 0 spiro atoms. The number of nitrogens with zero attached hydrogens (tertiary/aromatic N) is 1. The number of likely N-dealkylation sites (tertiary alicyclic amines) is 1. The SMILES string of the molecule is CCCC(C)NC1CCN(C(=O)OC)C1. The number of rotatable bonds is 4. The Bertz CT molecular complexity index is 209. The van der Waals surface area contributed by atoms with Crippen molar-refractivity contribution in [1.82, 2.24) is 10.2 Å². The Morgan fingerprint density at radius 2 is 2.40 bits per heavy atom. The van der Waals surface area contributed by atoms with E-state index in [1.165, 1.54) is 20.0 Å². The van der Waals surface area contributed by atoms with E-state index in [0.717, 1.165) is 19.5 Å². The van der Waals surface area contributed by atoms with Gasteiger partial charge < -0.3 is 15.0 Å². The molecule has 1 aliphatic rings. The highest BCUT2D eigenvalue weighted by Gasteiger charge is 2.27. The van der Waals surface area contributed by atoms with Gasteiger partial charge in [0.1, 0.15) is 0 Å². The first-order valence-corrected chi connectivity index (χ1v) is 5.76. The maximum atomic E-state index is 11.2. The number of hydrogen-bond donors (Lipinski definition) is 1. The second-order valence-electron chi connectivity index (χ2n) is 4.26. The lowest BCUT2D eigenvalue weighted by atomic mass is 10.1. The van der Waals surface area contributed by atoms with Crippen molar-refractivity contribution in [2.24, 2.45) is 0 Å². The summed E-state index contributed by atoms with van der Waals surface area (Å²) in [6, 6.07) is 0.975. The maximum Gasteiger partial charge on any atom is 0.409 e. The van der Waals surface area contributed by atoms with Gasteiger partial charge in [0.2, 0.25) is 0 Å². The Morgan fingerprint density at radius 3 is 3.00 bits per heavy atom. The van der Waals surface area contributed by atoms with E-state index in [0.29, 0.717) is 12.1 Å². The van der Waals surface area contributed by atoms with Crippen LogP contribution in [0.3, 0.4) is 0 Å². The summed E-state index contributed by atoms with van der Waals surface area (Å²) in [7, 11) is 1.43. The average Bonchev–Trinajstić information content (AvgIpc) is 2.65.